The number of nitrogens with zero attached hydrogens (tertiary/aromatic N) is 2. The first-order valence-corrected chi connectivity index (χ1v) is 7.53. The van der Waals surface area contributed by atoms with Gasteiger partial charge < -0.3 is 4.74 Å². The van der Waals surface area contributed by atoms with E-state index in [4.69, 9.17) is 16.3 Å². The molecule has 0 aliphatic heterocycles. The molecule has 0 N–H and O–H groups in total. The zero-order valence-electron chi connectivity index (χ0n) is 12.2. The second-order valence-electron chi connectivity index (χ2n) is 6.00. The summed E-state index contributed by atoms with van der Waals surface area (Å²) in [6.45, 7) is 6.57. The van der Waals surface area contributed by atoms with Gasteiger partial charge in [0.1, 0.15) is 11.3 Å². The Morgan fingerprint density at radius 3 is 2.80 bits per heavy atom. The molecule has 1 aromatic heterocycles. The Morgan fingerprint density at radius 2 is 2.15 bits per heavy atom. The van der Waals surface area contributed by atoms with Gasteiger partial charge >= 0.3 is 5.97 Å². The minimum absolute atomic E-state index is 0.0352. The summed E-state index contributed by atoms with van der Waals surface area (Å²) in [6, 6.07) is 0. The molecule has 1 aliphatic carbocycles. The van der Waals surface area contributed by atoms with Crippen molar-refractivity contribution in [1.29, 1.82) is 0 Å². The van der Waals surface area contributed by atoms with Crippen LogP contribution in [0.5, 0.6) is 0 Å². The van der Waals surface area contributed by atoms with Gasteiger partial charge in [-0.1, -0.05) is 38.8 Å². The van der Waals surface area contributed by atoms with Crippen molar-refractivity contribution in [3.8, 4) is 0 Å². The molecule has 0 radical (unpaired) electrons. The Kier molecular flexibility index (Phi) is 4.97. The minimum atomic E-state index is -0.426. The van der Waals surface area contributed by atoms with Crippen LogP contribution in [0.1, 0.15) is 50.5 Å². The molecule has 3 unspecified atom stereocenters. The lowest BCUT2D eigenvalue weighted by molar-refractivity contribution is -0.0179. The third-order valence-corrected chi connectivity index (χ3v) is 4.22. The van der Waals surface area contributed by atoms with E-state index in [-0.39, 0.29) is 17.0 Å². The molecular weight excluding hydrogens is 276 g/mol. The standard InChI is InChI=1S/C15H21ClN2O2/c1-9(2)11-5-4-10(3)6-13(11)20-15(19)12-7-17-8-14(16)18-12/h7-11,13H,4-6H2,1-3H3. The summed E-state index contributed by atoms with van der Waals surface area (Å²) in [5, 5.41) is 0.205. The van der Waals surface area contributed by atoms with E-state index in [1.807, 2.05) is 0 Å². The molecule has 1 aromatic rings. The van der Waals surface area contributed by atoms with Gasteiger partial charge in [0.15, 0.2) is 5.69 Å². The second kappa shape index (κ2) is 6.53. The van der Waals surface area contributed by atoms with Crippen molar-refractivity contribution in [1.82, 2.24) is 9.97 Å². The van der Waals surface area contributed by atoms with Gasteiger partial charge in [-0.2, -0.15) is 0 Å². The number of rotatable bonds is 3. The van der Waals surface area contributed by atoms with E-state index in [1.54, 1.807) is 0 Å². The summed E-state index contributed by atoms with van der Waals surface area (Å²) in [6.07, 6.45) is 5.99. The third-order valence-electron chi connectivity index (χ3n) is 4.03. The first kappa shape index (κ1) is 15.2. The average Bonchev–Trinajstić information content (AvgIpc) is 2.38. The highest BCUT2D eigenvalue weighted by molar-refractivity contribution is 6.29. The summed E-state index contributed by atoms with van der Waals surface area (Å²) in [7, 11) is 0. The molecule has 1 fully saturated rings. The van der Waals surface area contributed by atoms with Crippen LogP contribution in [0.15, 0.2) is 12.4 Å². The predicted molar refractivity (Wildman–Crippen MR) is 77.6 cm³/mol. The number of ether oxygens (including phenoxy) is 1. The molecule has 1 aliphatic rings. The zero-order chi connectivity index (χ0) is 14.7. The van der Waals surface area contributed by atoms with Crippen LogP contribution in [0.3, 0.4) is 0 Å². The second-order valence-corrected chi connectivity index (χ2v) is 6.38. The largest absolute Gasteiger partial charge is 0.457 e. The summed E-state index contributed by atoms with van der Waals surface area (Å²) in [5.41, 5.74) is 0.179. The first-order valence-electron chi connectivity index (χ1n) is 7.16. The smallest absolute Gasteiger partial charge is 0.358 e. The van der Waals surface area contributed by atoms with Crippen molar-refractivity contribution in [2.45, 2.75) is 46.1 Å². The first-order chi connectivity index (χ1) is 9.47. The number of hydrogen-bond donors (Lipinski definition) is 0. The van der Waals surface area contributed by atoms with E-state index in [0.29, 0.717) is 17.8 Å². The van der Waals surface area contributed by atoms with Crippen LogP contribution in [0, 0.1) is 17.8 Å². The molecule has 0 bridgehead atoms. The van der Waals surface area contributed by atoms with Crippen LogP contribution < -0.4 is 0 Å². The van der Waals surface area contributed by atoms with Crippen molar-refractivity contribution < 1.29 is 9.53 Å². The molecule has 4 nitrogen and oxygen atoms in total. The maximum Gasteiger partial charge on any atom is 0.358 e. The third kappa shape index (κ3) is 3.69. The molecule has 110 valence electrons. The summed E-state index contributed by atoms with van der Waals surface area (Å²) in [4.78, 5) is 20.0. The van der Waals surface area contributed by atoms with Crippen LogP contribution in [0.4, 0.5) is 0 Å². The van der Waals surface area contributed by atoms with E-state index >= 15 is 0 Å². The minimum Gasteiger partial charge on any atom is -0.457 e. The Labute approximate surface area is 124 Å². The predicted octanol–water partition coefficient (Wildman–Crippen LogP) is 3.75. The average molecular weight is 297 g/mol. The van der Waals surface area contributed by atoms with Gasteiger partial charge in [-0.3, -0.25) is 4.98 Å². The summed E-state index contributed by atoms with van der Waals surface area (Å²) in [5.74, 6) is 1.09. The molecule has 0 amide bonds. The molecule has 0 saturated heterocycles. The molecule has 0 aromatic carbocycles. The fourth-order valence-corrected chi connectivity index (χ4v) is 3.04. The van der Waals surface area contributed by atoms with E-state index in [2.05, 4.69) is 30.7 Å². The van der Waals surface area contributed by atoms with Gasteiger partial charge in [-0.15, -0.1) is 0 Å². The molecule has 5 heteroatoms. The van der Waals surface area contributed by atoms with Gasteiger partial charge in [0.2, 0.25) is 0 Å². The van der Waals surface area contributed by atoms with Crippen LogP contribution in [-0.2, 0) is 4.74 Å². The molecule has 0 spiro atoms. The fraction of sp³-hybridized carbons (Fsp3) is 0.667. The topological polar surface area (TPSA) is 52.1 Å². The molecule has 1 saturated carbocycles. The van der Waals surface area contributed by atoms with E-state index < -0.39 is 5.97 Å². The van der Waals surface area contributed by atoms with E-state index in [1.165, 1.54) is 18.8 Å². The fourth-order valence-electron chi connectivity index (χ4n) is 2.89. The molecule has 2 rings (SSSR count). The number of esters is 1. The van der Waals surface area contributed by atoms with Crippen molar-refractivity contribution >= 4 is 17.6 Å². The Morgan fingerprint density at radius 1 is 1.40 bits per heavy atom. The Hall–Kier alpha value is -1.16. The van der Waals surface area contributed by atoms with Crippen LogP contribution in [0.2, 0.25) is 5.15 Å². The van der Waals surface area contributed by atoms with Gasteiger partial charge in [-0.05, 0) is 30.6 Å². The van der Waals surface area contributed by atoms with Gasteiger partial charge in [-0.25, -0.2) is 9.78 Å². The zero-order valence-corrected chi connectivity index (χ0v) is 12.9. The SMILES string of the molecule is CC1CCC(C(C)C)C(OC(=O)c2cncc(Cl)n2)C1. The van der Waals surface area contributed by atoms with Gasteiger partial charge in [0.25, 0.3) is 0 Å². The number of hydrogen-bond acceptors (Lipinski definition) is 4. The van der Waals surface area contributed by atoms with E-state index in [0.717, 1.165) is 12.8 Å². The van der Waals surface area contributed by atoms with Crippen molar-refractivity contribution in [3.05, 3.63) is 23.2 Å². The molecule has 20 heavy (non-hydrogen) atoms. The van der Waals surface area contributed by atoms with Crippen LogP contribution >= 0.6 is 11.6 Å². The lowest BCUT2D eigenvalue weighted by Gasteiger charge is -2.36. The highest BCUT2D eigenvalue weighted by atomic mass is 35.5. The van der Waals surface area contributed by atoms with Crippen LogP contribution in [-0.4, -0.2) is 22.0 Å². The number of aromatic nitrogens is 2. The number of carbonyl (C=O) groups excluding carboxylic acids is 1. The summed E-state index contributed by atoms with van der Waals surface area (Å²) >= 11 is 5.75. The summed E-state index contributed by atoms with van der Waals surface area (Å²) < 4.78 is 5.68. The number of carbonyl (C=O) groups is 1. The maximum atomic E-state index is 12.2. The molecule has 3 atom stereocenters. The molecular formula is C15H21ClN2O2. The quantitative estimate of drug-likeness (QED) is 0.797. The lowest BCUT2D eigenvalue weighted by Crippen LogP contribution is -2.36. The number of halogens is 1. The highest BCUT2D eigenvalue weighted by Crippen LogP contribution is 2.35. The monoisotopic (exact) mass is 296 g/mol. The lowest BCUT2D eigenvalue weighted by atomic mass is 9.75. The van der Waals surface area contributed by atoms with Gasteiger partial charge in [0, 0.05) is 0 Å². The molecule has 1 heterocycles. The normalized spacial score (nSPS) is 26.6. The Bertz CT molecular complexity index is 479. The highest BCUT2D eigenvalue weighted by Gasteiger charge is 2.33. The van der Waals surface area contributed by atoms with Crippen LogP contribution in [0.25, 0.3) is 0 Å². The van der Waals surface area contributed by atoms with E-state index in [9.17, 15) is 4.79 Å². The Balaban J connectivity index is 2.08. The van der Waals surface area contributed by atoms with Crippen molar-refractivity contribution in [2.75, 3.05) is 0 Å². The van der Waals surface area contributed by atoms with Crippen molar-refractivity contribution in [2.24, 2.45) is 17.8 Å². The van der Waals surface area contributed by atoms with Gasteiger partial charge in [0.05, 0.1) is 12.4 Å². The maximum absolute atomic E-state index is 12.2. The van der Waals surface area contributed by atoms with Crippen molar-refractivity contribution in [3.63, 3.8) is 0 Å².